The first-order valence-corrected chi connectivity index (χ1v) is 7.00. The molecule has 2 rings (SSSR count). The van der Waals surface area contributed by atoms with Gasteiger partial charge in [0, 0.05) is 13.0 Å². The average Bonchev–Trinajstić information content (AvgIpc) is 2.79. The molecule has 2 aliphatic rings. The molecule has 1 saturated carbocycles. The molecule has 114 valence electrons. The minimum atomic E-state index is -4.16. The normalized spacial score (nSPS) is 22.4. The van der Waals surface area contributed by atoms with Gasteiger partial charge in [-0.3, -0.25) is 9.59 Å². The Balaban J connectivity index is 1.87. The van der Waals surface area contributed by atoms with Crippen LogP contribution in [-0.4, -0.2) is 41.5 Å². The summed E-state index contributed by atoms with van der Waals surface area (Å²) in [6.07, 6.45) is -1.67. The molecule has 1 saturated heterocycles. The predicted octanol–water partition coefficient (Wildman–Crippen LogP) is 1.99. The largest absolute Gasteiger partial charge is 0.389 e. The van der Waals surface area contributed by atoms with Crippen LogP contribution in [-0.2, 0) is 9.59 Å². The molecule has 1 spiro atoms. The molecule has 20 heavy (non-hydrogen) atoms. The van der Waals surface area contributed by atoms with E-state index in [0.717, 1.165) is 12.8 Å². The summed E-state index contributed by atoms with van der Waals surface area (Å²) in [6, 6.07) is 0. The Kier molecular flexibility index (Phi) is 4.25. The van der Waals surface area contributed by atoms with Crippen molar-refractivity contribution in [2.45, 2.75) is 56.7 Å². The summed E-state index contributed by atoms with van der Waals surface area (Å²) >= 11 is 0. The zero-order valence-corrected chi connectivity index (χ0v) is 11.3. The molecule has 1 aliphatic carbocycles. The van der Waals surface area contributed by atoms with Crippen molar-refractivity contribution in [2.75, 3.05) is 13.1 Å². The average molecular weight is 292 g/mol. The smallest absolute Gasteiger partial charge is 0.340 e. The Hall–Kier alpha value is -1.27. The third kappa shape index (κ3) is 3.43. The van der Waals surface area contributed by atoms with Crippen LogP contribution in [0.3, 0.4) is 0 Å². The van der Waals surface area contributed by atoms with Gasteiger partial charge in [0.2, 0.25) is 11.8 Å². The van der Waals surface area contributed by atoms with Crippen LogP contribution in [0.25, 0.3) is 0 Å². The molecule has 4 nitrogen and oxygen atoms in total. The molecule has 2 amide bonds. The van der Waals surface area contributed by atoms with Gasteiger partial charge < -0.3 is 10.2 Å². The van der Waals surface area contributed by atoms with E-state index in [0.29, 0.717) is 12.8 Å². The summed E-state index contributed by atoms with van der Waals surface area (Å²) in [7, 11) is 0. The van der Waals surface area contributed by atoms with Gasteiger partial charge in [-0.1, -0.05) is 12.8 Å². The number of hydrogen-bond acceptors (Lipinski definition) is 2. The molecular weight excluding hydrogens is 273 g/mol. The summed E-state index contributed by atoms with van der Waals surface area (Å²) in [6.45, 7) is 0.191. The lowest BCUT2D eigenvalue weighted by Crippen LogP contribution is -2.65. The van der Waals surface area contributed by atoms with Crippen molar-refractivity contribution in [1.29, 1.82) is 0 Å². The summed E-state index contributed by atoms with van der Waals surface area (Å²) in [4.78, 5) is 25.5. The van der Waals surface area contributed by atoms with Crippen LogP contribution in [0.4, 0.5) is 13.2 Å². The highest BCUT2D eigenvalue weighted by Crippen LogP contribution is 2.33. The third-order valence-electron chi connectivity index (χ3n) is 4.01. The number of carbonyl (C=O) groups is 2. The van der Waals surface area contributed by atoms with E-state index in [1.165, 1.54) is 4.90 Å². The SMILES string of the molecule is O=C1CN(CCCCC(F)(F)F)C(=O)C2(CCCC2)N1. The summed E-state index contributed by atoms with van der Waals surface area (Å²) in [5.74, 6) is -0.330. The number of nitrogens with one attached hydrogen (secondary N) is 1. The van der Waals surface area contributed by atoms with E-state index < -0.39 is 18.1 Å². The highest BCUT2D eigenvalue weighted by Gasteiger charge is 2.47. The predicted molar refractivity (Wildman–Crippen MR) is 65.8 cm³/mol. The van der Waals surface area contributed by atoms with Crippen molar-refractivity contribution >= 4 is 11.8 Å². The van der Waals surface area contributed by atoms with Gasteiger partial charge in [-0.05, 0) is 25.7 Å². The van der Waals surface area contributed by atoms with Crippen molar-refractivity contribution < 1.29 is 22.8 Å². The fraction of sp³-hybridized carbons (Fsp3) is 0.846. The van der Waals surface area contributed by atoms with E-state index in [2.05, 4.69) is 5.32 Å². The fourth-order valence-corrected chi connectivity index (χ4v) is 3.03. The van der Waals surface area contributed by atoms with Gasteiger partial charge >= 0.3 is 6.18 Å². The van der Waals surface area contributed by atoms with Crippen molar-refractivity contribution in [3.63, 3.8) is 0 Å². The third-order valence-corrected chi connectivity index (χ3v) is 4.01. The molecule has 1 heterocycles. The summed E-state index contributed by atoms with van der Waals surface area (Å²) in [5, 5.41) is 2.78. The Morgan fingerprint density at radius 2 is 1.80 bits per heavy atom. The molecule has 0 aromatic heterocycles. The highest BCUT2D eigenvalue weighted by molar-refractivity contribution is 5.98. The summed E-state index contributed by atoms with van der Waals surface area (Å²) in [5.41, 5.74) is -0.778. The molecular formula is C13H19F3N2O2. The maximum Gasteiger partial charge on any atom is 0.389 e. The molecule has 1 N–H and O–H groups in total. The van der Waals surface area contributed by atoms with Gasteiger partial charge in [0.1, 0.15) is 5.54 Å². The first-order chi connectivity index (χ1) is 9.32. The van der Waals surface area contributed by atoms with Crippen LogP contribution >= 0.6 is 0 Å². The molecule has 2 fully saturated rings. The van der Waals surface area contributed by atoms with Crippen molar-refractivity contribution in [2.24, 2.45) is 0 Å². The number of piperazine rings is 1. The number of hydrogen-bond donors (Lipinski definition) is 1. The van der Waals surface area contributed by atoms with E-state index >= 15 is 0 Å². The molecule has 0 unspecified atom stereocenters. The number of nitrogens with zero attached hydrogens (tertiary/aromatic N) is 1. The van der Waals surface area contributed by atoms with Gasteiger partial charge in [0.05, 0.1) is 6.54 Å². The minimum absolute atomic E-state index is 0.0120. The first kappa shape index (κ1) is 15.1. The molecule has 0 atom stereocenters. The van der Waals surface area contributed by atoms with E-state index in [-0.39, 0.29) is 37.7 Å². The van der Waals surface area contributed by atoms with Gasteiger partial charge in [0.15, 0.2) is 0 Å². The summed E-state index contributed by atoms with van der Waals surface area (Å²) < 4.78 is 36.2. The van der Waals surface area contributed by atoms with E-state index in [1.807, 2.05) is 0 Å². The number of amides is 2. The number of rotatable bonds is 4. The maximum absolute atomic E-state index is 12.4. The number of alkyl halides is 3. The molecule has 0 bridgehead atoms. The van der Waals surface area contributed by atoms with Crippen molar-refractivity contribution in [3.05, 3.63) is 0 Å². The second kappa shape index (κ2) is 5.61. The Morgan fingerprint density at radius 3 is 2.40 bits per heavy atom. The molecule has 0 aromatic carbocycles. The van der Waals surface area contributed by atoms with E-state index in [1.54, 1.807) is 0 Å². The van der Waals surface area contributed by atoms with Gasteiger partial charge in [-0.25, -0.2) is 0 Å². The second-order valence-electron chi connectivity index (χ2n) is 5.64. The first-order valence-electron chi connectivity index (χ1n) is 7.00. The van der Waals surface area contributed by atoms with Crippen LogP contribution in [0.2, 0.25) is 0 Å². The van der Waals surface area contributed by atoms with Gasteiger partial charge in [0.25, 0.3) is 0 Å². The monoisotopic (exact) mass is 292 g/mol. The van der Waals surface area contributed by atoms with Crippen LogP contribution < -0.4 is 5.32 Å². The van der Waals surface area contributed by atoms with E-state index in [9.17, 15) is 22.8 Å². The van der Waals surface area contributed by atoms with Crippen molar-refractivity contribution in [3.8, 4) is 0 Å². The number of carbonyl (C=O) groups excluding carboxylic acids is 2. The lowest BCUT2D eigenvalue weighted by molar-refractivity contribution is -0.150. The minimum Gasteiger partial charge on any atom is -0.340 e. The van der Waals surface area contributed by atoms with Gasteiger partial charge in [-0.15, -0.1) is 0 Å². The standard InChI is InChI=1S/C13H19F3N2O2/c14-13(15,16)7-3-4-8-18-9-10(19)17-12(11(18)20)5-1-2-6-12/h1-9H2,(H,17,19). The highest BCUT2D eigenvalue weighted by atomic mass is 19.4. The second-order valence-corrected chi connectivity index (χ2v) is 5.64. The zero-order valence-electron chi connectivity index (χ0n) is 11.3. The molecule has 0 radical (unpaired) electrons. The van der Waals surface area contributed by atoms with E-state index in [4.69, 9.17) is 0 Å². The van der Waals surface area contributed by atoms with Crippen LogP contribution in [0, 0.1) is 0 Å². The maximum atomic E-state index is 12.4. The number of halogens is 3. The number of unbranched alkanes of at least 4 members (excludes halogenated alkanes) is 1. The molecule has 1 aliphatic heterocycles. The molecule has 0 aromatic rings. The van der Waals surface area contributed by atoms with Crippen LogP contribution in [0.15, 0.2) is 0 Å². The zero-order chi connectivity index (χ0) is 14.8. The quantitative estimate of drug-likeness (QED) is 0.806. The van der Waals surface area contributed by atoms with Crippen LogP contribution in [0.1, 0.15) is 44.9 Å². The lowest BCUT2D eigenvalue weighted by Gasteiger charge is -2.39. The molecule has 7 heteroatoms. The fourth-order valence-electron chi connectivity index (χ4n) is 3.03. The topological polar surface area (TPSA) is 49.4 Å². The Morgan fingerprint density at radius 1 is 1.15 bits per heavy atom. The lowest BCUT2D eigenvalue weighted by atomic mass is 9.93. The van der Waals surface area contributed by atoms with Crippen molar-refractivity contribution in [1.82, 2.24) is 10.2 Å². The van der Waals surface area contributed by atoms with Gasteiger partial charge in [-0.2, -0.15) is 13.2 Å². The van der Waals surface area contributed by atoms with Crippen LogP contribution in [0.5, 0.6) is 0 Å². The Labute approximate surface area is 115 Å². The Bertz CT molecular complexity index is 390.